The molecule has 0 aliphatic heterocycles. The summed E-state index contributed by atoms with van der Waals surface area (Å²) >= 11 is 0. The predicted octanol–water partition coefficient (Wildman–Crippen LogP) is 3.35. The van der Waals surface area contributed by atoms with Crippen LogP contribution in [-0.2, 0) is 4.74 Å². The minimum absolute atomic E-state index is 0.386. The lowest BCUT2D eigenvalue weighted by Crippen LogP contribution is -2.29. The number of aryl methyl sites for hydroxylation is 1. The van der Waals surface area contributed by atoms with E-state index < -0.39 is 0 Å². The van der Waals surface area contributed by atoms with Crippen molar-refractivity contribution in [1.82, 2.24) is 29.5 Å². The molecule has 0 bridgehead atoms. The van der Waals surface area contributed by atoms with Gasteiger partial charge in [0.15, 0.2) is 5.65 Å². The lowest BCUT2D eigenvalue weighted by molar-refractivity contribution is 0.0681. The Morgan fingerprint density at radius 3 is 2.86 bits per heavy atom. The van der Waals surface area contributed by atoms with Gasteiger partial charge in [0.2, 0.25) is 5.95 Å². The number of anilines is 1. The molecule has 2 N–H and O–H groups in total. The van der Waals surface area contributed by atoms with Gasteiger partial charge in [-0.25, -0.2) is 14.5 Å². The van der Waals surface area contributed by atoms with Gasteiger partial charge in [-0.2, -0.15) is 10.1 Å². The normalized spacial score (nSPS) is 20.1. The summed E-state index contributed by atoms with van der Waals surface area (Å²) in [6, 6.07) is 4.35. The summed E-state index contributed by atoms with van der Waals surface area (Å²) in [7, 11) is 1.79. The van der Waals surface area contributed by atoms with Gasteiger partial charge in [0, 0.05) is 36.5 Å². The van der Waals surface area contributed by atoms with Crippen LogP contribution in [0.5, 0.6) is 0 Å². The quantitative estimate of drug-likeness (QED) is 0.567. The van der Waals surface area contributed by atoms with Crippen LogP contribution in [0.4, 0.5) is 5.95 Å². The Kier molecular flexibility index (Phi) is 4.20. The molecule has 1 aliphatic carbocycles. The Morgan fingerprint density at radius 2 is 2.04 bits per heavy atom. The Balaban J connectivity index is 1.40. The predicted molar refractivity (Wildman–Crippen MR) is 107 cm³/mol. The zero-order valence-corrected chi connectivity index (χ0v) is 16.0. The van der Waals surface area contributed by atoms with Gasteiger partial charge in [0.05, 0.1) is 23.7 Å². The van der Waals surface area contributed by atoms with Crippen LogP contribution in [0, 0.1) is 6.92 Å². The first-order valence-electron chi connectivity index (χ1n) is 9.66. The van der Waals surface area contributed by atoms with Crippen LogP contribution in [0.3, 0.4) is 0 Å². The number of ether oxygens (including phenoxy) is 1. The zero-order chi connectivity index (χ0) is 19.1. The van der Waals surface area contributed by atoms with E-state index in [2.05, 4.69) is 30.4 Å². The van der Waals surface area contributed by atoms with E-state index in [0.717, 1.165) is 59.3 Å². The summed E-state index contributed by atoms with van der Waals surface area (Å²) in [5.74, 6) is 0.662. The van der Waals surface area contributed by atoms with Gasteiger partial charge < -0.3 is 15.0 Å². The molecule has 4 heterocycles. The average Bonchev–Trinajstić information content (AvgIpc) is 3.30. The number of fused-ring (bicyclic) bond motifs is 2. The van der Waals surface area contributed by atoms with E-state index in [1.54, 1.807) is 11.6 Å². The number of imidazole rings is 1. The van der Waals surface area contributed by atoms with Crippen molar-refractivity contribution >= 4 is 22.6 Å². The molecule has 144 valence electrons. The van der Waals surface area contributed by atoms with E-state index >= 15 is 0 Å². The third-order valence-corrected chi connectivity index (χ3v) is 5.49. The topological polar surface area (TPSA) is 93.0 Å². The van der Waals surface area contributed by atoms with Gasteiger partial charge in [-0.05, 0) is 44.7 Å². The van der Waals surface area contributed by atoms with Crippen molar-refractivity contribution in [3.05, 3.63) is 36.4 Å². The number of methoxy groups -OCH3 is 1. The molecular weight excluding hydrogens is 354 g/mol. The number of aromatic amines is 1. The lowest BCUT2D eigenvalue weighted by Gasteiger charge is -2.28. The van der Waals surface area contributed by atoms with Crippen molar-refractivity contribution < 1.29 is 4.74 Å². The van der Waals surface area contributed by atoms with Gasteiger partial charge in [-0.1, -0.05) is 0 Å². The van der Waals surface area contributed by atoms with Crippen LogP contribution < -0.4 is 5.32 Å². The highest BCUT2D eigenvalue weighted by atomic mass is 16.5. The first-order chi connectivity index (χ1) is 13.7. The highest BCUT2D eigenvalue weighted by Crippen LogP contribution is 2.27. The minimum atomic E-state index is 0.386. The number of hydrogen-bond donors (Lipinski definition) is 2. The molecule has 8 heteroatoms. The number of hydrogen-bond acceptors (Lipinski definition) is 6. The molecule has 8 nitrogen and oxygen atoms in total. The van der Waals surface area contributed by atoms with Crippen LogP contribution in [-0.4, -0.2) is 48.8 Å². The summed E-state index contributed by atoms with van der Waals surface area (Å²) < 4.78 is 7.25. The van der Waals surface area contributed by atoms with E-state index in [1.165, 1.54) is 0 Å². The van der Waals surface area contributed by atoms with E-state index in [-0.39, 0.29) is 0 Å². The first-order valence-corrected chi connectivity index (χ1v) is 9.66. The van der Waals surface area contributed by atoms with E-state index in [0.29, 0.717) is 18.1 Å². The highest BCUT2D eigenvalue weighted by molar-refractivity contribution is 5.92. The molecule has 0 unspecified atom stereocenters. The third-order valence-electron chi connectivity index (χ3n) is 5.49. The Labute approximate surface area is 162 Å². The van der Waals surface area contributed by atoms with Gasteiger partial charge in [0.1, 0.15) is 5.65 Å². The molecule has 0 saturated heterocycles. The van der Waals surface area contributed by atoms with Gasteiger partial charge >= 0.3 is 0 Å². The number of aromatic nitrogens is 6. The summed E-state index contributed by atoms with van der Waals surface area (Å²) in [4.78, 5) is 16.9. The standard InChI is InChI=1S/C20H23N7O/c1-12-11-27-18(23-12)8-7-17(26-27)15-9-21-19-16(15)10-22-20(25-19)24-13-3-5-14(28-2)6-4-13/h7-11,13-14H,3-6H2,1-2H3,(H2,21,22,24,25). The van der Waals surface area contributed by atoms with Crippen molar-refractivity contribution in [3.63, 3.8) is 0 Å². The van der Waals surface area contributed by atoms with Crippen molar-refractivity contribution in [3.8, 4) is 11.3 Å². The maximum atomic E-state index is 5.44. The molecule has 1 saturated carbocycles. The van der Waals surface area contributed by atoms with E-state index in [4.69, 9.17) is 4.74 Å². The molecule has 4 aromatic rings. The monoisotopic (exact) mass is 377 g/mol. The second kappa shape index (κ2) is 6.87. The van der Waals surface area contributed by atoms with Crippen LogP contribution in [0.15, 0.2) is 30.7 Å². The van der Waals surface area contributed by atoms with E-state index in [9.17, 15) is 0 Å². The molecule has 0 radical (unpaired) electrons. The minimum Gasteiger partial charge on any atom is -0.381 e. The lowest BCUT2D eigenvalue weighted by atomic mass is 9.93. The summed E-state index contributed by atoms with van der Waals surface area (Å²) in [6.45, 7) is 1.96. The van der Waals surface area contributed by atoms with Gasteiger partial charge in [0.25, 0.3) is 0 Å². The largest absolute Gasteiger partial charge is 0.381 e. The Hall–Kier alpha value is -3.00. The van der Waals surface area contributed by atoms with Crippen molar-refractivity contribution in [2.24, 2.45) is 0 Å². The van der Waals surface area contributed by atoms with E-state index in [1.807, 2.05) is 37.6 Å². The fourth-order valence-electron chi connectivity index (χ4n) is 3.96. The van der Waals surface area contributed by atoms with Crippen molar-refractivity contribution in [1.29, 1.82) is 0 Å². The summed E-state index contributed by atoms with van der Waals surface area (Å²) in [6.07, 6.45) is 10.4. The molecule has 4 aromatic heterocycles. The molecule has 0 atom stereocenters. The van der Waals surface area contributed by atoms with Crippen LogP contribution in [0.1, 0.15) is 31.4 Å². The smallest absolute Gasteiger partial charge is 0.224 e. The van der Waals surface area contributed by atoms with Crippen molar-refractivity contribution in [2.45, 2.75) is 44.8 Å². The fraction of sp³-hybridized carbons (Fsp3) is 0.400. The zero-order valence-electron chi connectivity index (χ0n) is 16.0. The number of H-pyrrole nitrogens is 1. The second-order valence-corrected chi connectivity index (χ2v) is 7.42. The Morgan fingerprint density at radius 1 is 1.18 bits per heavy atom. The van der Waals surface area contributed by atoms with Crippen LogP contribution in [0.25, 0.3) is 27.9 Å². The number of nitrogens with zero attached hydrogens (tertiary/aromatic N) is 5. The number of nitrogens with one attached hydrogen (secondary N) is 2. The third kappa shape index (κ3) is 3.09. The van der Waals surface area contributed by atoms with Gasteiger partial charge in [-0.15, -0.1) is 0 Å². The molecule has 1 aliphatic rings. The number of rotatable bonds is 4. The van der Waals surface area contributed by atoms with Crippen molar-refractivity contribution in [2.75, 3.05) is 12.4 Å². The maximum Gasteiger partial charge on any atom is 0.224 e. The molecule has 0 amide bonds. The summed E-state index contributed by atoms with van der Waals surface area (Å²) in [5, 5.41) is 9.09. The van der Waals surface area contributed by atoms with Crippen LogP contribution >= 0.6 is 0 Å². The SMILES string of the molecule is COC1CCC(Nc2ncc3c(-c4ccc5nc(C)cn5n4)c[nH]c3n2)CC1. The Bertz CT molecular complexity index is 1120. The molecule has 1 fully saturated rings. The fourth-order valence-corrected chi connectivity index (χ4v) is 3.96. The van der Waals surface area contributed by atoms with Crippen LogP contribution in [0.2, 0.25) is 0 Å². The molecule has 28 heavy (non-hydrogen) atoms. The second-order valence-electron chi connectivity index (χ2n) is 7.42. The summed E-state index contributed by atoms with van der Waals surface area (Å²) in [5.41, 5.74) is 4.43. The molecule has 0 aromatic carbocycles. The molecule has 5 rings (SSSR count). The molecule has 0 spiro atoms. The molecular formula is C20H23N7O. The maximum absolute atomic E-state index is 5.44. The highest BCUT2D eigenvalue weighted by Gasteiger charge is 2.21. The first kappa shape index (κ1) is 17.1. The average molecular weight is 377 g/mol. The van der Waals surface area contributed by atoms with Gasteiger partial charge in [-0.3, -0.25) is 0 Å².